The van der Waals surface area contributed by atoms with E-state index in [9.17, 15) is 0 Å². The second kappa shape index (κ2) is 10.8. The van der Waals surface area contributed by atoms with E-state index in [1.54, 1.807) is 0 Å². The molecule has 0 aromatic heterocycles. The van der Waals surface area contributed by atoms with Crippen LogP contribution in [0.15, 0.2) is 0 Å². The molecule has 0 aromatic carbocycles. The van der Waals surface area contributed by atoms with Gasteiger partial charge in [0.1, 0.15) is 0 Å². The van der Waals surface area contributed by atoms with Crippen molar-refractivity contribution >= 4 is 11.9 Å². The van der Waals surface area contributed by atoms with E-state index in [0.717, 1.165) is 0 Å². The van der Waals surface area contributed by atoms with Gasteiger partial charge in [-0.25, -0.2) is 9.59 Å². The summed E-state index contributed by atoms with van der Waals surface area (Å²) in [4.78, 5) is 18.2. The SMILES string of the molecule is N.O=C(O)C(=O)O.[Fe].[Fe]. The van der Waals surface area contributed by atoms with Crippen molar-refractivity contribution in [1.82, 2.24) is 6.15 Å². The summed E-state index contributed by atoms with van der Waals surface area (Å²) in [6.45, 7) is 0. The summed E-state index contributed by atoms with van der Waals surface area (Å²) in [6.07, 6.45) is 0. The monoisotopic (exact) mass is 219 g/mol. The molecule has 0 amide bonds. The molecule has 58 valence electrons. The Kier molecular flexibility index (Phi) is 27.8. The summed E-state index contributed by atoms with van der Waals surface area (Å²) in [7, 11) is 0. The van der Waals surface area contributed by atoms with Gasteiger partial charge in [-0.05, 0) is 0 Å². The molecule has 9 heavy (non-hydrogen) atoms. The van der Waals surface area contributed by atoms with Gasteiger partial charge in [0, 0.05) is 34.1 Å². The first-order valence-electron chi connectivity index (χ1n) is 1.11. The van der Waals surface area contributed by atoms with Gasteiger partial charge in [0.05, 0.1) is 0 Å². The molecule has 0 atom stereocenters. The number of carboxylic acid groups (broad SMARTS) is 2. The van der Waals surface area contributed by atoms with Gasteiger partial charge in [0.2, 0.25) is 0 Å². The number of aliphatic carboxylic acids is 2. The standard InChI is InChI=1S/C2H2O4.2Fe.H3N/c3-1(4)2(5)6;;;/h(H,3,4)(H,5,6);;;1H3. The van der Waals surface area contributed by atoms with E-state index < -0.39 is 11.9 Å². The van der Waals surface area contributed by atoms with Crippen LogP contribution in [0.1, 0.15) is 0 Å². The molecule has 5 N–H and O–H groups in total. The van der Waals surface area contributed by atoms with Crippen molar-refractivity contribution in [3.05, 3.63) is 0 Å². The van der Waals surface area contributed by atoms with Crippen molar-refractivity contribution in [3.63, 3.8) is 0 Å². The summed E-state index contributed by atoms with van der Waals surface area (Å²) in [6, 6.07) is 0. The van der Waals surface area contributed by atoms with Crippen molar-refractivity contribution < 1.29 is 53.9 Å². The van der Waals surface area contributed by atoms with Crippen molar-refractivity contribution in [2.24, 2.45) is 0 Å². The fourth-order valence-corrected chi connectivity index (χ4v) is 0. The van der Waals surface area contributed by atoms with Gasteiger partial charge in [-0.15, -0.1) is 0 Å². The molecule has 0 radical (unpaired) electrons. The first-order chi connectivity index (χ1) is 2.64. The smallest absolute Gasteiger partial charge is 0.414 e. The molecule has 0 spiro atoms. The molecular weight excluding hydrogens is 214 g/mol. The Labute approximate surface area is 72.3 Å². The Morgan fingerprint density at radius 2 is 1.00 bits per heavy atom. The van der Waals surface area contributed by atoms with E-state index in [-0.39, 0.29) is 40.3 Å². The average molecular weight is 219 g/mol. The fraction of sp³-hybridized carbons (Fsp3) is 0. The molecule has 0 saturated heterocycles. The van der Waals surface area contributed by atoms with E-state index in [4.69, 9.17) is 19.8 Å². The summed E-state index contributed by atoms with van der Waals surface area (Å²) in [5, 5.41) is 14.8. The zero-order chi connectivity index (χ0) is 5.15. The Balaban J connectivity index is -0.0000000417. The van der Waals surface area contributed by atoms with Crippen LogP contribution in [0.5, 0.6) is 0 Å². The molecular formula is C2H5Fe2NO4. The number of carboxylic acids is 2. The molecule has 0 saturated carbocycles. The number of carbonyl (C=O) groups is 2. The van der Waals surface area contributed by atoms with Gasteiger partial charge in [-0.2, -0.15) is 0 Å². The first-order valence-corrected chi connectivity index (χ1v) is 1.11. The van der Waals surface area contributed by atoms with Crippen molar-refractivity contribution in [1.29, 1.82) is 0 Å². The van der Waals surface area contributed by atoms with Crippen LogP contribution in [0, 0.1) is 0 Å². The van der Waals surface area contributed by atoms with Crippen LogP contribution in [-0.2, 0) is 43.7 Å². The quantitative estimate of drug-likeness (QED) is 0.369. The second-order valence-electron chi connectivity index (χ2n) is 0.610. The maximum absolute atomic E-state index is 9.10. The predicted octanol–water partition coefficient (Wildman–Crippen LogP) is -0.687. The van der Waals surface area contributed by atoms with E-state index in [1.807, 2.05) is 0 Å². The molecule has 7 heteroatoms. The third-order valence-corrected chi connectivity index (χ3v) is 0.183. The Hall–Kier alpha value is -0.0610. The first kappa shape index (κ1) is 23.1. The summed E-state index contributed by atoms with van der Waals surface area (Å²) >= 11 is 0. The molecule has 5 nitrogen and oxygen atoms in total. The van der Waals surface area contributed by atoms with E-state index in [0.29, 0.717) is 0 Å². The third-order valence-electron chi connectivity index (χ3n) is 0.183. The Morgan fingerprint density at radius 3 is 1.00 bits per heavy atom. The maximum atomic E-state index is 9.10. The van der Waals surface area contributed by atoms with Crippen LogP contribution in [-0.4, -0.2) is 22.2 Å². The largest absolute Gasteiger partial charge is 0.473 e. The zero-order valence-electron chi connectivity index (χ0n) is 4.13. The number of hydrogen-bond donors (Lipinski definition) is 3. The minimum Gasteiger partial charge on any atom is -0.473 e. The van der Waals surface area contributed by atoms with Crippen LogP contribution in [0.4, 0.5) is 0 Å². The zero-order valence-corrected chi connectivity index (χ0v) is 6.33. The van der Waals surface area contributed by atoms with E-state index in [2.05, 4.69) is 0 Å². The molecule has 0 fully saturated rings. The molecule has 0 aromatic rings. The molecule has 0 heterocycles. The molecule has 0 aliphatic heterocycles. The molecule has 0 rings (SSSR count). The predicted molar refractivity (Wildman–Crippen MR) is 20.3 cm³/mol. The number of rotatable bonds is 0. The third kappa shape index (κ3) is 18.0. The van der Waals surface area contributed by atoms with Crippen LogP contribution >= 0.6 is 0 Å². The Morgan fingerprint density at radius 1 is 0.889 bits per heavy atom. The van der Waals surface area contributed by atoms with E-state index >= 15 is 0 Å². The Bertz CT molecular complexity index is 82.6. The van der Waals surface area contributed by atoms with Crippen LogP contribution < -0.4 is 6.15 Å². The van der Waals surface area contributed by atoms with Gasteiger partial charge in [-0.1, -0.05) is 0 Å². The van der Waals surface area contributed by atoms with Gasteiger partial charge >= 0.3 is 11.9 Å². The van der Waals surface area contributed by atoms with Crippen molar-refractivity contribution in [2.75, 3.05) is 0 Å². The molecule has 0 unspecified atom stereocenters. The van der Waals surface area contributed by atoms with Crippen LogP contribution in [0.2, 0.25) is 0 Å². The van der Waals surface area contributed by atoms with Gasteiger partial charge in [0.25, 0.3) is 0 Å². The van der Waals surface area contributed by atoms with Crippen LogP contribution in [0.25, 0.3) is 0 Å². The van der Waals surface area contributed by atoms with E-state index in [1.165, 1.54) is 0 Å². The minimum atomic E-state index is -1.82. The normalized spacial score (nSPS) is 4.89. The fourth-order valence-electron chi connectivity index (χ4n) is 0. The van der Waals surface area contributed by atoms with Gasteiger partial charge in [-0.3, -0.25) is 0 Å². The minimum absolute atomic E-state index is 0. The van der Waals surface area contributed by atoms with Crippen LogP contribution in [0.3, 0.4) is 0 Å². The van der Waals surface area contributed by atoms with Crippen molar-refractivity contribution in [3.8, 4) is 0 Å². The maximum Gasteiger partial charge on any atom is 0.414 e. The van der Waals surface area contributed by atoms with Gasteiger partial charge in [0.15, 0.2) is 0 Å². The number of hydrogen-bond acceptors (Lipinski definition) is 3. The van der Waals surface area contributed by atoms with Gasteiger partial charge < -0.3 is 16.4 Å². The molecule has 0 bridgehead atoms. The molecule has 0 aliphatic carbocycles. The summed E-state index contributed by atoms with van der Waals surface area (Å²) < 4.78 is 0. The summed E-state index contributed by atoms with van der Waals surface area (Å²) in [5.41, 5.74) is 0. The second-order valence-corrected chi connectivity index (χ2v) is 0.610. The van der Waals surface area contributed by atoms with Crippen molar-refractivity contribution in [2.45, 2.75) is 0 Å². The topological polar surface area (TPSA) is 110 Å². The summed E-state index contributed by atoms with van der Waals surface area (Å²) in [5.74, 6) is -3.65. The molecule has 0 aliphatic rings. The average Bonchev–Trinajstić information content (AvgIpc) is 1.36.